The number of nitrogens with zero attached hydrogens (tertiary/aromatic N) is 1. The van der Waals surface area contributed by atoms with E-state index in [2.05, 4.69) is 10.9 Å². The van der Waals surface area contributed by atoms with E-state index < -0.39 is 4.92 Å². The van der Waals surface area contributed by atoms with Crippen LogP contribution >= 0.6 is 0 Å². The predicted molar refractivity (Wildman–Crippen MR) is 74.9 cm³/mol. The number of allylic oxidation sites excluding steroid dienone is 2. The maximum absolute atomic E-state index is 12.0. The topological polar surface area (TPSA) is 107 Å². The van der Waals surface area contributed by atoms with Gasteiger partial charge < -0.3 is 5.11 Å². The number of benzene rings is 1. The van der Waals surface area contributed by atoms with Crippen LogP contribution in [-0.2, 0) is 4.79 Å². The van der Waals surface area contributed by atoms with Crippen molar-refractivity contribution in [3.63, 3.8) is 0 Å². The highest BCUT2D eigenvalue weighted by atomic mass is 16.6. The number of nitro groups is 1. The van der Waals surface area contributed by atoms with Gasteiger partial charge in [-0.2, -0.15) is 0 Å². The smallest absolute Gasteiger partial charge is 0.294 e. The van der Waals surface area contributed by atoms with Gasteiger partial charge in [0, 0.05) is 12.5 Å². The summed E-state index contributed by atoms with van der Waals surface area (Å²) in [5, 5.41) is 22.8. The molecule has 0 saturated heterocycles. The maximum atomic E-state index is 12.0. The van der Waals surface area contributed by atoms with Crippen LogP contribution in [0.25, 0.3) is 0 Å². The second-order valence-electron chi connectivity index (χ2n) is 5.76. The molecule has 1 aliphatic carbocycles. The van der Waals surface area contributed by atoms with Crippen LogP contribution in [-0.4, -0.2) is 10.7 Å². The average Bonchev–Trinajstić information content (AvgIpc) is 2.36. The quantitative estimate of drug-likeness (QED) is 0.642. The lowest BCUT2D eigenvalue weighted by Crippen LogP contribution is -2.38. The minimum atomic E-state index is -0.539. The molecule has 1 aliphatic rings. The Labute approximate surface area is 121 Å². The molecule has 2 rings (SSSR count). The molecule has 1 aromatic carbocycles. The number of hydrazine groups is 1. The van der Waals surface area contributed by atoms with E-state index in [4.69, 9.17) is 0 Å². The minimum Gasteiger partial charge on any atom is -0.874 e. The van der Waals surface area contributed by atoms with Gasteiger partial charge in [-0.15, -0.1) is 5.76 Å². The highest BCUT2D eigenvalue weighted by molar-refractivity contribution is 5.96. The number of anilines is 1. The molecule has 0 heterocycles. The molecule has 0 aromatic heterocycles. The van der Waals surface area contributed by atoms with Gasteiger partial charge in [0.2, 0.25) is 0 Å². The van der Waals surface area contributed by atoms with Crippen molar-refractivity contribution in [1.29, 1.82) is 0 Å². The molecule has 0 spiro atoms. The Balaban J connectivity index is 2.17. The van der Waals surface area contributed by atoms with E-state index in [1.165, 1.54) is 18.2 Å². The number of nitrogens with one attached hydrogen (secondary N) is 2. The molecule has 0 atom stereocenters. The second kappa shape index (κ2) is 5.43. The van der Waals surface area contributed by atoms with Crippen LogP contribution in [0.3, 0.4) is 0 Å². The highest BCUT2D eigenvalue weighted by Gasteiger charge is 2.29. The van der Waals surface area contributed by atoms with E-state index >= 15 is 0 Å². The van der Waals surface area contributed by atoms with Crippen molar-refractivity contribution in [2.24, 2.45) is 5.41 Å². The summed E-state index contributed by atoms with van der Waals surface area (Å²) in [5.41, 5.74) is 4.78. The lowest BCUT2D eigenvalue weighted by molar-refractivity contribution is -0.384. The minimum absolute atomic E-state index is 0.0486. The van der Waals surface area contributed by atoms with Crippen molar-refractivity contribution in [3.05, 3.63) is 45.8 Å². The maximum Gasteiger partial charge on any atom is 0.294 e. The molecule has 0 amide bonds. The number of hydrogen-bond donors (Lipinski definition) is 2. The summed E-state index contributed by atoms with van der Waals surface area (Å²) in [6, 6.07) is 5.99. The number of rotatable bonds is 4. The molecular formula is C14H16N3O4-. The largest absolute Gasteiger partial charge is 0.874 e. The fraction of sp³-hybridized carbons (Fsp3) is 0.357. The van der Waals surface area contributed by atoms with Crippen molar-refractivity contribution in [1.82, 2.24) is 5.43 Å². The zero-order valence-corrected chi connectivity index (χ0v) is 11.8. The van der Waals surface area contributed by atoms with Crippen LogP contribution in [0, 0.1) is 15.5 Å². The number of hydrogen-bond acceptors (Lipinski definition) is 6. The number of para-hydroxylation sites is 2. The third-order valence-corrected chi connectivity index (χ3v) is 3.26. The van der Waals surface area contributed by atoms with Crippen LogP contribution < -0.4 is 16.0 Å². The third-order valence-electron chi connectivity index (χ3n) is 3.26. The van der Waals surface area contributed by atoms with Gasteiger partial charge in [-0.1, -0.05) is 26.0 Å². The van der Waals surface area contributed by atoms with Gasteiger partial charge in [-0.25, -0.2) is 0 Å². The Kier molecular flexibility index (Phi) is 3.84. The molecule has 7 nitrogen and oxygen atoms in total. The molecule has 1 aromatic rings. The second-order valence-corrected chi connectivity index (χ2v) is 5.76. The molecule has 0 radical (unpaired) electrons. The number of ketones is 1. The van der Waals surface area contributed by atoms with Gasteiger partial charge >= 0.3 is 0 Å². The van der Waals surface area contributed by atoms with Crippen molar-refractivity contribution in [3.8, 4) is 0 Å². The standard InChI is InChI=1S/C14H17N3O4/c1-14(2)7-11(18)13(12(19)8-14)16-15-9-5-3-4-6-10(9)17(20)21/h3-6,15-16,18H,7-8H2,1-2H3/p-1. The Morgan fingerprint density at radius 2 is 1.86 bits per heavy atom. The summed E-state index contributed by atoms with van der Waals surface area (Å²) in [6.07, 6.45) is 0.527. The fourth-order valence-electron chi connectivity index (χ4n) is 2.27. The molecule has 21 heavy (non-hydrogen) atoms. The Morgan fingerprint density at radius 1 is 1.19 bits per heavy atom. The molecule has 0 saturated carbocycles. The van der Waals surface area contributed by atoms with Gasteiger partial charge in [-0.3, -0.25) is 25.8 Å². The van der Waals surface area contributed by atoms with Gasteiger partial charge in [0.15, 0.2) is 5.78 Å². The van der Waals surface area contributed by atoms with Crippen LogP contribution in [0.2, 0.25) is 0 Å². The number of carbonyl (C=O) groups excluding carboxylic acids is 1. The van der Waals surface area contributed by atoms with Gasteiger partial charge in [0.05, 0.1) is 10.6 Å². The summed E-state index contributed by atoms with van der Waals surface area (Å²) in [6.45, 7) is 3.71. The van der Waals surface area contributed by atoms with Gasteiger partial charge in [-0.05, 0) is 17.9 Å². The summed E-state index contributed by atoms with van der Waals surface area (Å²) in [4.78, 5) is 22.3. The average molecular weight is 290 g/mol. The predicted octanol–water partition coefficient (Wildman–Crippen LogP) is 1.47. The fourth-order valence-corrected chi connectivity index (χ4v) is 2.27. The SMILES string of the molecule is CC1(C)CC(=O)C(NNc2ccccc2[N+](=O)[O-])=C([O-])C1. The first-order valence-electron chi connectivity index (χ1n) is 6.49. The molecular weight excluding hydrogens is 274 g/mol. The van der Waals surface area contributed by atoms with Crippen LogP contribution in [0.5, 0.6) is 0 Å². The summed E-state index contributed by atoms with van der Waals surface area (Å²) in [7, 11) is 0. The Morgan fingerprint density at radius 3 is 2.48 bits per heavy atom. The molecule has 0 aliphatic heterocycles. The lowest BCUT2D eigenvalue weighted by atomic mass is 9.78. The van der Waals surface area contributed by atoms with Crippen LogP contribution in [0.4, 0.5) is 11.4 Å². The third kappa shape index (κ3) is 3.31. The van der Waals surface area contributed by atoms with Crippen molar-refractivity contribution >= 4 is 17.2 Å². The first-order chi connectivity index (χ1) is 9.80. The number of nitro benzene ring substituents is 1. The zero-order chi connectivity index (χ0) is 15.6. The zero-order valence-electron chi connectivity index (χ0n) is 11.8. The molecule has 0 bridgehead atoms. The van der Waals surface area contributed by atoms with Crippen molar-refractivity contribution in [2.45, 2.75) is 26.7 Å². The van der Waals surface area contributed by atoms with Gasteiger partial charge in [0.25, 0.3) is 5.69 Å². The Hall–Kier alpha value is -2.57. The van der Waals surface area contributed by atoms with Crippen LogP contribution in [0.1, 0.15) is 26.7 Å². The first-order valence-corrected chi connectivity index (χ1v) is 6.49. The summed E-state index contributed by atoms with van der Waals surface area (Å²) < 4.78 is 0. The molecule has 0 fully saturated rings. The summed E-state index contributed by atoms with van der Waals surface area (Å²) >= 11 is 0. The van der Waals surface area contributed by atoms with E-state index in [1.807, 2.05) is 13.8 Å². The molecule has 0 unspecified atom stereocenters. The molecule has 112 valence electrons. The number of Topliss-reactive ketones (excluding diaryl/α,β-unsaturated/α-hetero) is 1. The van der Waals surface area contributed by atoms with Crippen molar-refractivity contribution in [2.75, 3.05) is 5.43 Å². The Bertz CT molecular complexity index is 622. The van der Waals surface area contributed by atoms with E-state index in [0.717, 1.165) is 0 Å². The van der Waals surface area contributed by atoms with E-state index in [9.17, 15) is 20.0 Å². The molecule has 7 heteroatoms. The monoisotopic (exact) mass is 290 g/mol. The first kappa shape index (κ1) is 14.8. The van der Waals surface area contributed by atoms with Crippen molar-refractivity contribution < 1.29 is 14.8 Å². The highest BCUT2D eigenvalue weighted by Crippen LogP contribution is 2.34. The van der Waals surface area contributed by atoms with E-state index in [0.29, 0.717) is 0 Å². The number of carbonyl (C=O) groups is 1. The normalized spacial score (nSPS) is 17.5. The van der Waals surface area contributed by atoms with E-state index in [-0.39, 0.29) is 46.9 Å². The molecule has 2 N–H and O–H groups in total. The lowest BCUT2D eigenvalue weighted by Gasteiger charge is -2.35. The summed E-state index contributed by atoms with van der Waals surface area (Å²) in [5.74, 6) is -0.579. The van der Waals surface area contributed by atoms with Gasteiger partial charge in [0.1, 0.15) is 5.69 Å². The van der Waals surface area contributed by atoms with E-state index in [1.54, 1.807) is 6.07 Å². The van der Waals surface area contributed by atoms with Crippen LogP contribution in [0.15, 0.2) is 35.7 Å².